The number of hydrogen-bond acceptors (Lipinski definition) is 4. The first kappa shape index (κ1) is 20.2. The van der Waals surface area contributed by atoms with Crippen LogP contribution in [0.5, 0.6) is 0 Å². The number of esters is 1. The van der Waals surface area contributed by atoms with Crippen LogP contribution in [-0.4, -0.2) is 30.4 Å². The van der Waals surface area contributed by atoms with E-state index in [1.807, 2.05) is 24.3 Å². The Morgan fingerprint density at radius 3 is 2.15 bits per heavy atom. The molecule has 0 saturated carbocycles. The van der Waals surface area contributed by atoms with Gasteiger partial charge in [0.05, 0.1) is 0 Å². The molecule has 142 valence electrons. The Balaban J connectivity index is 1.79. The van der Waals surface area contributed by atoms with E-state index in [1.165, 1.54) is 12.5 Å². The minimum Gasteiger partial charge on any atom is -0.451 e. The zero-order chi connectivity index (χ0) is 19.8. The van der Waals surface area contributed by atoms with E-state index in [2.05, 4.69) is 24.5 Å². The number of ether oxygens (including phenoxy) is 1. The molecule has 0 aromatic heterocycles. The highest BCUT2D eigenvalue weighted by Crippen LogP contribution is 2.17. The quantitative estimate of drug-likeness (QED) is 0.736. The van der Waals surface area contributed by atoms with Crippen LogP contribution < -0.4 is 10.6 Å². The molecule has 0 aliphatic heterocycles. The summed E-state index contributed by atoms with van der Waals surface area (Å²) >= 11 is 0. The molecule has 0 spiro atoms. The van der Waals surface area contributed by atoms with Gasteiger partial charge in [0, 0.05) is 11.3 Å². The van der Waals surface area contributed by atoms with Gasteiger partial charge in [-0.25, -0.2) is 0 Å². The van der Waals surface area contributed by atoms with Crippen molar-refractivity contribution in [1.29, 1.82) is 0 Å². The second-order valence-corrected chi connectivity index (χ2v) is 6.45. The third kappa shape index (κ3) is 6.26. The summed E-state index contributed by atoms with van der Waals surface area (Å²) in [7, 11) is 0. The number of anilines is 1. The summed E-state index contributed by atoms with van der Waals surface area (Å²) in [4.78, 5) is 35.9. The second kappa shape index (κ2) is 9.52. The fourth-order valence-electron chi connectivity index (χ4n) is 2.33. The van der Waals surface area contributed by atoms with Gasteiger partial charge in [-0.05, 0) is 42.7 Å². The third-order valence-electron chi connectivity index (χ3n) is 3.95. The van der Waals surface area contributed by atoms with Crippen molar-refractivity contribution in [2.45, 2.75) is 32.8 Å². The molecule has 0 aliphatic carbocycles. The molecular weight excluding hydrogens is 344 g/mol. The summed E-state index contributed by atoms with van der Waals surface area (Å²) in [5, 5.41) is 5.16. The van der Waals surface area contributed by atoms with Crippen LogP contribution in [0, 0.1) is 0 Å². The maximum atomic E-state index is 12.2. The molecule has 2 N–H and O–H groups in total. The molecule has 0 saturated heterocycles. The van der Waals surface area contributed by atoms with Gasteiger partial charge < -0.3 is 15.4 Å². The summed E-state index contributed by atoms with van der Waals surface area (Å²) < 4.78 is 5.07. The van der Waals surface area contributed by atoms with Crippen molar-refractivity contribution >= 4 is 23.5 Å². The smallest absolute Gasteiger partial charge is 0.326 e. The van der Waals surface area contributed by atoms with Crippen LogP contribution in [0.15, 0.2) is 54.6 Å². The lowest BCUT2D eigenvalue weighted by atomic mass is 10.0. The van der Waals surface area contributed by atoms with Crippen LogP contribution in [0.2, 0.25) is 0 Å². The lowest BCUT2D eigenvalue weighted by Crippen LogP contribution is -2.35. The Morgan fingerprint density at radius 2 is 1.56 bits per heavy atom. The molecule has 2 amide bonds. The Hall–Kier alpha value is -3.15. The molecule has 2 rings (SSSR count). The largest absolute Gasteiger partial charge is 0.451 e. The number of benzene rings is 2. The van der Waals surface area contributed by atoms with Gasteiger partial charge in [-0.2, -0.15) is 0 Å². The second-order valence-electron chi connectivity index (χ2n) is 6.45. The number of nitrogens with one attached hydrogen (secondary N) is 2. The molecule has 0 aliphatic rings. The van der Waals surface area contributed by atoms with E-state index in [-0.39, 0.29) is 12.5 Å². The van der Waals surface area contributed by atoms with Gasteiger partial charge in [-0.1, -0.05) is 44.2 Å². The van der Waals surface area contributed by atoms with Crippen molar-refractivity contribution in [2.24, 2.45) is 0 Å². The van der Waals surface area contributed by atoms with E-state index in [0.29, 0.717) is 17.2 Å². The normalized spacial score (nSPS) is 11.6. The van der Waals surface area contributed by atoms with Crippen LogP contribution in [0.1, 0.15) is 42.6 Å². The first-order valence-electron chi connectivity index (χ1n) is 8.80. The van der Waals surface area contributed by atoms with Crippen LogP contribution in [0.4, 0.5) is 5.69 Å². The summed E-state index contributed by atoms with van der Waals surface area (Å²) in [6.45, 7) is 5.35. The fraction of sp³-hybridized carbons (Fsp3) is 0.286. The van der Waals surface area contributed by atoms with Gasteiger partial charge in [-0.3, -0.25) is 14.4 Å². The first-order valence-corrected chi connectivity index (χ1v) is 8.80. The molecule has 27 heavy (non-hydrogen) atoms. The zero-order valence-electron chi connectivity index (χ0n) is 15.7. The van der Waals surface area contributed by atoms with E-state index >= 15 is 0 Å². The molecule has 2 aromatic carbocycles. The zero-order valence-corrected chi connectivity index (χ0v) is 15.7. The van der Waals surface area contributed by atoms with Gasteiger partial charge in [0.25, 0.3) is 11.8 Å². The predicted molar refractivity (Wildman–Crippen MR) is 103 cm³/mol. The molecular formula is C21H24N2O4. The monoisotopic (exact) mass is 368 g/mol. The van der Waals surface area contributed by atoms with Crippen molar-refractivity contribution in [3.63, 3.8) is 0 Å². The highest BCUT2D eigenvalue weighted by molar-refractivity contribution is 5.97. The van der Waals surface area contributed by atoms with Crippen molar-refractivity contribution < 1.29 is 19.1 Å². The number of amides is 2. The molecule has 1 atom stereocenters. The maximum Gasteiger partial charge on any atom is 0.326 e. The summed E-state index contributed by atoms with van der Waals surface area (Å²) in [5.41, 5.74) is 2.24. The molecule has 0 unspecified atom stereocenters. The average molecular weight is 368 g/mol. The van der Waals surface area contributed by atoms with Crippen molar-refractivity contribution in [3.05, 3.63) is 65.7 Å². The number of carbonyl (C=O) groups is 3. The third-order valence-corrected chi connectivity index (χ3v) is 3.95. The predicted octanol–water partition coefficient (Wildman–Crippen LogP) is 3.11. The minimum atomic E-state index is -0.976. The molecule has 0 fully saturated rings. The Bertz CT molecular complexity index is 786. The van der Waals surface area contributed by atoms with E-state index in [0.717, 1.165) is 0 Å². The van der Waals surface area contributed by atoms with Crippen LogP contribution >= 0.6 is 0 Å². The highest BCUT2D eigenvalue weighted by atomic mass is 16.5. The number of rotatable bonds is 7. The van der Waals surface area contributed by atoms with E-state index in [9.17, 15) is 14.4 Å². The summed E-state index contributed by atoms with van der Waals surface area (Å²) in [5.74, 6) is -1.09. The van der Waals surface area contributed by atoms with Crippen molar-refractivity contribution in [2.75, 3.05) is 11.9 Å². The SMILES string of the molecule is CC(C)c1ccc(NC(=O)[C@@H](C)OC(=O)CNC(=O)c2ccccc2)cc1. The lowest BCUT2D eigenvalue weighted by molar-refractivity contribution is -0.152. The van der Waals surface area contributed by atoms with E-state index < -0.39 is 18.0 Å². The summed E-state index contributed by atoms with van der Waals surface area (Å²) in [6, 6.07) is 16.0. The molecule has 0 bridgehead atoms. The Labute approximate surface area is 158 Å². The van der Waals surface area contributed by atoms with Gasteiger partial charge >= 0.3 is 5.97 Å². The molecule has 6 nitrogen and oxygen atoms in total. The maximum absolute atomic E-state index is 12.2. The fourth-order valence-corrected chi connectivity index (χ4v) is 2.33. The van der Waals surface area contributed by atoms with E-state index in [4.69, 9.17) is 4.74 Å². The van der Waals surface area contributed by atoms with Crippen LogP contribution in [-0.2, 0) is 14.3 Å². The topological polar surface area (TPSA) is 84.5 Å². The number of hydrogen-bond donors (Lipinski definition) is 2. The molecule has 2 aromatic rings. The Kier molecular flexibility index (Phi) is 7.11. The molecule has 6 heteroatoms. The van der Waals surface area contributed by atoms with Gasteiger partial charge in [0.15, 0.2) is 6.10 Å². The standard InChI is InChI=1S/C21H24N2O4/c1-14(2)16-9-11-18(12-10-16)23-20(25)15(3)27-19(24)13-22-21(26)17-7-5-4-6-8-17/h4-12,14-15H,13H2,1-3H3,(H,22,26)(H,23,25)/t15-/m1/s1. The summed E-state index contributed by atoms with van der Waals surface area (Å²) in [6.07, 6.45) is -0.976. The highest BCUT2D eigenvalue weighted by Gasteiger charge is 2.18. The van der Waals surface area contributed by atoms with Gasteiger partial charge in [0.1, 0.15) is 6.54 Å². The van der Waals surface area contributed by atoms with Gasteiger partial charge in [0.2, 0.25) is 0 Å². The Morgan fingerprint density at radius 1 is 0.926 bits per heavy atom. The van der Waals surface area contributed by atoms with Crippen molar-refractivity contribution in [3.8, 4) is 0 Å². The number of carbonyl (C=O) groups excluding carboxylic acids is 3. The average Bonchev–Trinajstić information content (AvgIpc) is 2.67. The van der Waals surface area contributed by atoms with Crippen LogP contribution in [0.3, 0.4) is 0 Å². The van der Waals surface area contributed by atoms with Crippen LogP contribution in [0.25, 0.3) is 0 Å². The minimum absolute atomic E-state index is 0.311. The first-order chi connectivity index (χ1) is 12.9. The lowest BCUT2D eigenvalue weighted by Gasteiger charge is -2.14. The molecule has 0 radical (unpaired) electrons. The van der Waals surface area contributed by atoms with E-state index in [1.54, 1.807) is 30.3 Å². The van der Waals surface area contributed by atoms with Gasteiger partial charge in [-0.15, -0.1) is 0 Å². The van der Waals surface area contributed by atoms with Crippen molar-refractivity contribution in [1.82, 2.24) is 5.32 Å². The molecule has 0 heterocycles.